The van der Waals surface area contributed by atoms with Crippen LogP contribution in [0.2, 0.25) is 0 Å². The summed E-state index contributed by atoms with van der Waals surface area (Å²) in [4.78, 5) is 0. The minimum atomic E-state index is 0.328. The topological polar surface area (TPSA) is 49.6 Å². The Labute approximate surface area is 152 Å². The van der Waals surface area contributed by atoms with Crippen LogP contribution in [0.5, 0.6) is 0 Å². The molecular formula is C23H15N3. The van der Waals surface area contributed by atoms with E-state index in [2.05, 4.69) is 16.3 Å². The van der Waals surface area contributed by atoms with Gasteiger partial charge in [0.25, 0.3) is 0 Å². The highest BCUT2D eigenvalue weighted by Gasteiger charge is 2.20. The van der Waals surface area contributed by atoms with Crippen LogP contribution in [0, 0.1) is 11.3 Å². The van der Waals surface area contributed by atoms with Crippen LogP contribution in [0.3, 0.4) is 0 Å². The first-order chi connectivity index (χ1) is 12.9. The van der Waals surface area contributed by atoms with Crippen molar-refractivity contribution in [3.63, 3.8) is 0 Å². The minimum Gasteiger partial charge on any atom is -0.191 e. The number of hydrogen-bond acceptors (Lipinski definition) is 3. The number of hydrogen-bond donors (Lipinski definition) is 0. The van der Waals surface area contributed by atoms with E-state index < -0.39 is 0 Å². The van der Waals surface area contributed by atoms with E-state index in [4.69, 9.17) is 0 Å². The summed E-state index contributed by atoms with van der Waals surface area (Å²) < 4.78 is 0. The van der Waals surface area contributed by atoms with Gasteiger partial charge in [0.1, 0.15) is 11.8 Å². The molecule has 3 nitrogen and oxygen atoms in total. The number of rotatable bonds is 3. The molecule has 1 heterocycles. The van der Waals surface area contributed by atoms with Gasteiger partial charge in [-0.15, -0.1) is 10.2 Å². The fourth-order valence-electron chi connectivity index (χ4n) is 3.08. The van der Waals surface area contributed by atoms with Gasteiger partial charge in [-0.2, -0.15) is 5.26 Å². The largest absolute Gasteiger partial charge is 0.191 e. The predicted octanol–water partition coefficient (Wildman–Crippen LogP) is 5.35. The molecule has 0 aliphatic rings. The zero-order chi connectivity index (χ0) is 17.8. The summed E-state index contributed by atoms with van der Waals surface area (Å²) in [5.41, 5.74) is 5.78. The monoisotopic (exact) mass is 333 g/mol. The quantitative estimate of drug-likeness (QED) is 0.508. The van der Waals surface area contributed by atoms with Crippen LogP contribution in [0.25, 0.3) is 33.5 Å². The lowest BCUT2D eigenvalue weighted by Gasteiger charge is -2.15. The fraction of sp³-hybridized carbons (Fsp3) is 0. The lowest BCUT2D eigenvalue weighted by molar-refractivity contribution is 1.02. The molecule has 0 aliphatic carbocycles. The Bertz CT molecular complexity index is 1070. The summed E-state index contributed by atoms with van der Waals surface area (Å²) in [6.07, 6.45) is 0. The molecule has 1 aromatic heterocycles. The van der Waals surface area contributed by atoms with Crippen LogP contribution in [0.15, 0.2) is 91.0 Å². The first kappa shape index (κ1) is 15.7. The zero-order valence-electron chi connectivity index (χ0n) is 14.0. The molecule has 4 aromatic rings. The van der Waals surface area contributed by atoms with E-state index in [1.54, 1.807) is 0 Å². The Morgan fingerprint density at radius 1 is 0.538 bits per heavy atom. The van der Waals surface area contributed by atoms with Gasteiger partial charge in [-0.25, -0.2) is 0 Å². The summed E-state index contributed by atoms with van der Waals surface area (Å²) >= 11 is 0. The molecule has 0 unspecified atom stereocenters. The first-order valence-corrected chi connectivity index (χ1v) is 8.35. The molecule has 122 valence electrons. The fourth-order valence-corrected chi connectivity index (χ4v) is 3.08. The van der Waals surface area contributed by atoms with E-state index in [0.717, 1.165) is 33.5 Å². The maximum absolute atomic E-state index is 9.66. The normalized spacial score (nSPS) is 10.3. The van der Waals surface area contributed by atoms with Gasteiger partial charge in [0.2, 0.25) is 0 Å². The third kappa shape index (κ3) is 2.85. The molecule has 4 rings (SSSR count). The van der Waals surface area contributed by atoms with Gasteiger partial charge >= 0.3 is 0 Å². The first-order valence-electron chi connectivity index (χ1n) is 8.35. The van der Waals surface area contributed by atoms with Gasteiger partial charge in [0.05, 0.1) is 0 Å². The maximum Gasteiger partial charge on any atom is 0.171 e. The summed E-state index contributed by atoms with van der Waals surface area (Å²) in [7, 11) is 0. The highest BCUT2D eigenvalue weighted by Crippen LogP contribution is 2.39. The van der Waals surface area contributed by atoms with Crippen molar-refractivity contribution in [1.82, 2.24) is 10.2 Å². The Hall–Kier alpha value is -3.77. The Morgan fingerprint density at radius 3 is 1.50 bits per heavy atom. The molecule has 3 aromatic carbocycles. The average Bonchev–Trinajstić information content (AvgIpc) is 2.74. The van der Waals surface area contributed by atoms with Gasteiger partial charge in [0.15, 0.2) is 5.69 Å². The summed E-state index contributed by atoms with van der Waals surface area (Å²) in [5, 5.41) is 18.3. The summed E-state index contributed by atoms with van der Waals surface area (Å²) in [5.74, 6) is 0. The lowest BCUT2D eigenvalue weighted by atomic mass is 9.90. The summed E-state index contributed by atoms with van der Waals surface area (Å²) in [6, 6.07) is 32.1. The predicted molar refractivity (Wildman–Crippen MR) is 103 cm³/mol. The Kier molecular flexibility index (Phi) is 4.24. The van der Waals surface area contributed by atoms with Crippen molar-refractivity contribution in [2.24, 2.45) is 0 Å². The maximum atomic E-state index is 9.66. The molecule has 26 heavy (non-hydrogen) atoms. The second-order valence-corrected chi connectivity index (χ2v) is 5.86. The number of nitrogens with zero attached hydrogens (tertiary/aromatic N) is 3. The van der Waals surface area contributed by atoms with Gasteiger partial charge in [-0.05, 0) is 11.1 Å². The second-order valence-electron chi connectivity index (χ2n) is 5.86. The lowest BCUT2D eigenvalue weighted by Crippen LogP contribution is -2.00. The van der Waals surface area contributed by atoms with Crippen LogP contribution >= 0.6 is 0 Å². The van der Waals surface area contributed by atoms with Crippen LogP contribution in [0.1, 0.15) is 5.69 Å². The van der Waals surface area contributed by atoms with Gasteiger partial charge < -0.3 is 0 Å². The van der Waals surface area contributed by atoms with Crippen molar-refractivity contribution in [3.05, 3.63) is 96.7 Å². The molecular weight excluding hydrogens is 318 g/mol. The third-order valence-corrected chi connectivity index (χ3v) is 4.25. The molecule has 0 aliphatic heterocycles. The molecule has 0 spiro atoms. The number of aromatic nitrogens is 2. The van der Waals surface area contributed by atoms with Crippen LogP contribution in [0.4, 0.5) is 0 Å². The van der Waals surface area contributed by atoms with Crippen molar-refractivity contribution in [1.29, 1.82) is 5.26 Å². The number of benzene rings is 3. The highest BCUT2D eigenvalue weighted by molar-refractivity contribution is 5.94. The highest BCUT2D eigenvalue weighted by atomic mass is 15.1. The molecule has 0 saturated heterocycles. The van der Waals surface area contributed by atoms with E-state index in [9.17, 15) is 5.26 Å². The van der Waals surface area contributed by atoms with E-state index in [1.165, 1.54) is 0 Å². The SMILES string of the molecule is N#Cc1nnc(-c2ccccc2)c(-c2ccccc2)c1-c1ccccc1. The van der Waals surface area contributed by atoms with E-state index in [0.29, 0.717) is 5.69 Å². The second kappa shape index (κ2) is 7.00. The Balaban J connectivity index is 2.11. The molecule has 0 atom stereocenters. The molecule has 0 N–H and O–H groups in total. The molecule has 0 fully saturated rings. The van der Waals surface area contributed by atoms with Crippen molar-refractivity contribution in [3.8, 4) is 39.6 Å². The van der Waals surface area contributed by atoms with Crippen molar-refractivity contribution in [2.45, 2.75) is 0 Å². The van der Waals surface area contributed by atoms with E-state index >= 15 is 0 Å². The zero-order valence-corrected chi connectivity index (χ0v) is 14.0. The van der Waals surface area contributed by atoms with Crippen molar-refractivity contribution < 1.29 is 0 Å². The van der Waals surface area contributed by atoms with E-state index in [1.807, 2.05) is 91.0 Å². The van der Waals surface area contributed by atoms with Gasteiger partial charge in [0, 0.05) is 16.7 Å². The van der Waals surface area contributed by atoms with Gasteiger partial charge in [-0.3, -0.25) is 0 Å². The standard InChI is InChI=1S/C23H15N3/c24-16-20-21(17-10-4-1-5-11-17)22(18-12-6-2-7-13-18)23(26-25-20)19-14-8-3-9-15-19/h1-15H. The molecule has 0 radical (unpaired) electrons. The van der Waals surface area contributed by atoms with Crippen LogP contribution in [-0.2, 0) is 0 Å². The van der Waals surface area contributed by atoms with Crippen molar-refractivity contribution in [2.75, 3.05) is 0 Å². The van der Waals surface area contributed by atoms with Gasteiger partial charge in [-0.1, -0.05) is 91.0 Å². The summed E-state index contributed by atoms with van der Waals surface area (Å²) in [6.45, 7) is 0. The van der Waals surface area contributed by atoms with E-state index in [-0.39, 0.29) is 0 Å². The third-order valence-electron chi connectivity index (χ3n) is 4.25. The van der Waals surface area contributed by atoms with Crippen LogP contribution < -0.4 is 0 Å². The minimum absolute atomic E-state index is 0.328. The Morgan fingerprint density at radius 2 is 1.00 bits per heavy atom. The average molecular weight is 333 g/mol. The molecule has 0 saturated carbocycles. The molecule has 0 amide bonds. The molecule has 3 heteroatoms. The van der Waals surface area contributed by atoms with Crippen molar-refractivity contribution >= 4 is 0 Å². The number of nitriles is 1. The van der Waals surface area contributed by atoms with Crippen LogP contribution in [-0.4, -0.2) is 10.2 Å². The molecule has 0 bridgehead atoms. The smallest absolute Gasteiger partial charge is 0.171 e.